The summed E-state index contributed by atoms with van der Waals surface area (Å²) in [5, 5.41) is 15.4. The molecule has 0 aliphatic carbocycles. The Bertz CT molecular complexity index is 784. The Balaban J connectivity index is 1.93. The van der Waals surface area contributed by atoms with Crippen molar-refractivity contribution < 1.29 is 4.79 Å². The minimum Gasteiger partial charge on any atom is -0.319 e. The summed E-state index contributed by atoms with van der Waals surface area (Å²) < 4.78 is 1.57. The van der Waals surface area contributed by atoms with Crippen molar-refractivity contribution >= 4 is 27.9 Å². The van der Waals surface area contributed by atoms with Crippen LogP contribution in [0.2, 0.25) is 0 Å². The van der Waals surface area contributed by atoms with Crippen molar-refractivity contribution in [3.8, 4) is 0 Å². The topological polar surface area (TPSA) is 72.2 Å². The van der Waals surface area contributed by atoms with Crippen LogP contribution in [0.3, 0.4) is 0 Å². The van der Waals surface area contributed by atoms with Gasteiger partial charge in [-0.1, -0.05) is 29.5 Å². The minimum absolute atomic E-state index is 0.225. The van der Waals surface area contributed by atoms with Crippen LogP contribution in [0.1, 0.15) is 26.8 Å². The van der Waals surface area contributed by atoms with Gasteiger partial charge in [0, 0.05) is 5.69 Å². The highest BCUT2D eigenvalue weighted by Crippen LogP contribution is 2.21. The van der Waals surface area contributed by atoms with Crippen LogP contribution >= 0.6 is 11.3 Å². The number of aryl methyl sites for hydroxylation is 3. The van der Waals surface area contributed by atoms with Crippen molar-refractivity contribution in [2.45, 2.75) is 20.8 Å². The van der Waals surface area contributed by atoms with Gasteiger partial charge in [-0.2, -0.15) is 4.52 Å². The Kier molecular flexibility index (Phi) is 2.98. The maximum atomic E-state index is 12.3. The van der Waals surface area contributed by atoms with Crippen molar-refractivity contribution in [1.82, 2.24) is 19.8 Å². The summed E-state index contributed by atoms with van der Waals surface area (Å²) in [4.78, 5) is 12.9. The molecule has 0 fully saturated rings. The van der Waals surface area contributed by atoms with Gasteiger partial charge in [-0.15, -0.1) is 15.3 Å². The van der Waals surface area contributed by atoms with Crippen molar-refractivity contribution in [2.75, 3.05) is 5.32 Å². The fourth-order valence-electron chi connectivity index (χ4n) is 1.99. The van der Waals surface area contributed by atoms with E-state index in [1.54, 1.807) is 11.4 Å². The maximum Gasteiger partial charge on any atom is 0.286 e. The van der Waals surface area contributed by atoms with E-state index in [1.807, 2.05) is 32.0 Å². The Morgan fingerprint density at radius 2 is 1.90 bits per heavy atom. The van der Waals surface area contributed by atoms with E-state index in [4.69, 9.17) is 0 Å². The average Bonchev–Trinajstić information content (AvgIpc) is 2.97. The van der Waals surface area contributed by atoms with E-state index in [2.05, 4.69) is 20.6 Å². The zero-order chi connectivity index (χ0) is 14.3. The van der Waals surface area contributed by atoms with Crippen molar-refractivity contribution in [1.29, 1.82) is 0 Å². The predicted octanol–water partition coefficient (Wildman–Crippen LogP) is 2.36. The Morgan fingerprint density at radius 1 is 1.20 bits per heavy atom. The SMILES string of the molecule is Cc1cccc(C)c1NC(=O)c1nn2c(C)nnc2s1. The molecule has 6 nitrogen and oxygen atoms in total. The third-order valence-electron chi connectivity index (χ3n) is 3.06. The fourth-order valence-corrected chi connectivity index (χ4v) is 2.77. The summed E-state index contributed by atoms with van der Waals surface area (Å²) in [7, 11) is 0. The smallest absolute Gasteiger partial charge is 0.286 e. The molecule has 1 aromatic carbocycles. The van der Waals surface area contributed by atoms with Crippen molar-refractivity contribution in [3.63, 3.8) is 0 Å². The number of carbonyl (C=O) groups excluding carboxylic acids is 1. The number of para-hydroxylation sites is 1. The van der Waals surface area contributed by atoms with E-state index in [-0.39, 0.29) is 5.91 Å². The Hall–Kier alpha value is -2.28. The van der Waals surface area contributed by atoms with Gasteiger partial charge in [0.25, 0.3) is 5.91 Å². The first-order chi connectivity index (χ1) is 9.56. The molecule has 0 saturated carbocycles. The van der Waals surface area contributed by atoms with Crippen molar-refractivity contribution in [3.05, 3.63) is 40.2 Å². The molecule has 102 valence electrons. The maximum absolute atomic E-state index is 12.3. The molecule has 0 unspecified atom stereocenters. The zero-order valence-electron chi connectivity index (χ0n) is 11.3. The number of rotatable bonds is 2. The molecule has 0 radical (unpaired) electrons. The summed E-state index contributed by atoms with van der Waals surface area (Å²) in [6, 6.07) is 5.89. The highest BCUT2D eigenvalue weighted by atomic mass is 32.1. The number of hydrogen-bond acceptors (Lipinski definition) is 5. The molecule has 0 spiro atoms. The second-order valence-electron chi connectivity index (χ2n) is 4.57. The number of carbonyl (C=O) groups is 1. The van der Waals surface area contributed by atoms with Gasteiger partial charge in [0.05, 0.1) is 0 Å². The normalized spacial score (nSPS) is 10.9. The second kappa shape index (κ2) is 4.68. The zero-order valence-corrected chi connectivity index (χ0v) is 12.2. The second-order valence-corrected chi connectivity index (χ2v) is 5.53. The summed E-state index contributed by atoms with van der Waals surface area (Å²) in [5.74, 6) is 0.444. The molecule has 0 saturated heterocycles. The minimum atomic E-state index is -0.225. The molecule has 2 heterocycles. The summed E-state index contributed by atoms with van der Waals surface area (Å²) in [6.07, 6.45) is 0. The van der Waals surface area contributed by atoms with Crippen LogP contribution in [-0.4, -0.2) is 25.7 Å². The van der Waals surface area contributed by atoms with Gasteiger partial charge in [-0.25, -0.2) is 0 Å². The number of anilines is 1. The van der Waals surface area contributed by atoms with Gasteiger partial charge >= 0.3 is 0 Å². The number of nitrogens with zero attached hydrogens (tertiary/aromatic N) is 4. The molecule has 0 aliphatic heterocycles. The number of fused-ring (bicyclic) bond motifs is 1. The van der Waals surface area contributed by atoms with Gasteiger partial charge in [0.1, 0.15) is 0 Å². The van der Waals surface area contributed by atoms with Gasteiger partial charge in [-0.3, -0.25) is 4.79 Å². The Morgan fingerprint density at radius 3 is 2.55 bits per heavy atom. The van der Waals surface area contributed by atoms with Crippen LogP contribution in [0.5, 0.6) is 0 Å². The lowest BCUT2D eigenvalue weighted by atomic mass is 10.1. The third-order valence-corrected chi connectivity index (χ3v) is 3.96. The molecule has 1 amide bonds. The van der Waals surface area contributed by atoms with E-state index in [1.165, 1.54) is 11.3 Å². The summed E-state index contributed by atoms with van der Waals surface area (Å²) in [5.41, 5.74) is 2.88. The van der Waals surface area contributed by atoms with Crippen LogP contribution in [-0.2, 0) is 0 Å². The van der Waals surface area contributed by atoms with E-state index >= 15 is 0 Å². The van der Waals surface area contributed by atoms with Gasteiger partial charge in [-0.05, 0) is 31.9 Å². The predicted molar refractivity (Wildman–Crippen MR) is 77.3 cm³/mol. The van der Waals surface area contributed by atoms with Gasteiger partial charge in [0.2, 0.25) is 9.97 Å². The lowest BCUT2D eigenvalue weighted by Crippen LogP contribution is -2.14. The molecule has 2 aromatic heterocycles. The first-order valence-corrected chi connectivity index (χ1v) is 6.94. The summed E-state index contributed by atoms with van der Waals surface area (Å²) in [6.45, 7) is 5.73. The number of nitrogens with one attached hydrogen (secondary N) is 1. The lowest BCUT2D eigenvalue weighted by molar-refractivity contribution is 0.102. The van der Waals surface area contributed by atoms with E-state index in [9.17, 15) is 4.79 Å². The van der Waals surface area contributed by atoms with Gasteiger partial charge in [0.15, 0.2) is 5.82 Å². The number of aromatic nitrogens is 4. The van der Waals surface area contributed by atoms with Crippen LogP contribution in [0.4, 0.5) is 5.69 Å². The quantitative estimate of drug-likeness (QED) is 0.785. The van der Waals surface area contributed by atoms with Crippen LogP contribution in [0.25, 0.3) is 4.96 Å². The fraction of sp³-hybridized carbons (Fsp3) is 0.231. The monoisotopic (exact) mass is 287 g/mol. The molecule has 3 aromatic rings. The van der Waals surface area contributed by atoms with Crippen molar-refractivity contribution in [2.24, 2.45) is 0 Å². The number of benzene rings is 1. The first kappa shape index (κ1) is 12.7. The van der Waals surface area contributed by atoms with Crippen LogP contribution in [0.15, 0.2) is 18.2 Å². The molecule has 20 heavy (non-hydrogen) atoms. The molecule has 1 N–H and O–H groups in total. The molecular formula is C13H13N5OS. The lowest BCUT2D eigenvalue weighted by Gasteiger charge is -2.09. The standard InChI is InChI=1S/C13H13N5OS/c1-7-5-4-6-8(2)10(7)14-11(19)12-17-18-9(3)15-16-13(18)20-12/h4-6H,1-3H3,(H,14,19). The van der Waals surface area contributed by atoms with Gasteiger partial charge < -0.3 is 5.32 Å². The molecule has 0 bridgehead atoms. The van der Waals surface area contributed by atoms with E-state index in [0.717, 1.165) is 16.8 Å². The average molecular weight is 287 g/mol. The molecule has 3 rings (SSSR count). The highest BCUT2D eigenvalue weighted by molar-refractivity contribution is 7.18. The first-order valence-electron chi connectivity index (χ1n) is 6.12. The Labute approximate surface area is 119 Å². The molecular weight excluding hydrogens is 274 g/mol. The number of amides is 1. The van der Waals surface area contributed by atoms with Crippen LogP contribution < -0.4 is 5.32 Å². The van der Waals surface area contributed by atoms with E-state index < -0.39 is 0 Å². The summed E-state index contributed by atoms with van der Waals surface area (Å²) >= 11 is 1.22. The largest absolute Gasteiger partial charge is 0.319 e. The highest BCUT2D eigenvalue weighted by Gasteiger charge is 2.16. The molecule has 7 heteroatoms. The van der Waals surface area contributed by atoms with E-state index in [0.29, 0.717) is 15.8 Å². The molecule has 0 aliphatic rings. The van der Waals surface area contributed by atoms with Crippen LogP contribution in [0, 0.1) is 20.8 Å². The third kappa shape index (κ3) is 2.05. The number of hydrogen-bond donors (Lipinski definition) is 1. The molecule has 0 atom stereocenters.